The van der Waals surface area contributed by atoms with E-state index in [-0.39, 0.29) is 16.6 Å². The number of ketones is 1. The second-order valence-corrected chi connectivity index (χ2v) is 10.1. The van der Waals surface area contributed by atoms with Crippen molar-refractivity contribution in [2.24, 2.45) is 5.41 Å². The number of hydrogen-bond donors (Lipinski definition) is 1. The molecule has 1 aliphatic rings. The molecule has 1 N–H and O–H groups in total. The standard InChI is InChI=1S/C29H42O2/c1-10-19-15-21(17-24(26(19)30)28(6,7)13-4)23(12-3)22-16-20(11-2)27(31)25(18-22)29(8,9)14-5/h15-18,30H,10-14H2,1-9H3. The van der Waals surface area contributed by atoms with Crippen LogP contribution in [0.25, 0.3) is 5.57 Å². The van der Waals surface area contributed by atoms with Gasteiger partial charge < -0.3 is 5.11 Å². The van der Waals surface area contributed by atoms with Gasteiger partial charge in [-0.1, -0.05) is 62.3 Å². The number of benzene rings is 1. The average molecular weight is 423 g/mol. The van der Waals surface area contributed by atoms with Gasteiger partial charge in [0.25, 0.3) is 0 Å². The van der Waals surface area contributed by atoms with Crippen LogP contribution in [0.3, 0.4) is 0 Å². The highest BCUT2D eigenvalue weighted by molar-refractivity contribution is 6.11. The van der Waals surface area contributed by atoms with Gasteiger partial charge in [-0.05, 0) is 89.5 Å². The van der Waals surface area contributed by atoms with E-state index in [0.29, 0.717) is 5.75 Å². The van der Waals surface area contributed by atoms with E-state index in [1.54, 1.807) is 0 Å². The monoisotopic (exact) mass is 422 g/mol. The van der Waals surface area contributed by atoms with E-state index in [0.717, 1.165) is 65.5 Å². The molecule has 2 heteroatoms. The normalized spacial score (nSPS) is 16.9. The number of allylic oxidation sites excluding steroid dienone is 6. The lowest BCUT2D eigenvalue weighted by atomic mass is 9.73. The Morgan fingerprint density at radius 1 is 0.871 bits per heavy atom. The number of aryl methyl sites for hydroxylation is 1. The van der Waals surface area contributed by atoms with Gasteiger partial charge in [0, 0.05) is 16.7 Å². The molecule has 0 aliphatic heterocycles. The fraction of sp³-hybridized carbons (Fsp3) is 0.552. The zero-order valence-electron chi connectivity index (χ0n) is 21.2. The summed E-state index contributed by atoms with van der Waals surface area (Å²) >= 11 is 0. The first-order valence-electron chi connectivity index (χ1n) is 12.0. The second-order valence-electron chi connectivity index (χ2n) is 10.1. The molecule has 1 aromatic carbocycles. The molecule has 2 nitrogen and oxygen atoms in total. The van der Waals surface area contributed by atoms with Gasteiger partial charge in [-0.25, -0.2) is 0 Å². The van der Waals surface area contributed by atoms with E-state index >= 15 is 0 Å². The van der Waals surface area contributed by atoms with Gasteiger partial charge in [-0.2, -0.15) is 0 Å². The van der Waals surface area contributed by atoms with Crippen molar-refractivity contribution in [3.63, 3.8) is 0 Å². The van der Waals surface area contributed by atoms with Gasteiger partial charge in [-0.15, -0.1) is 0 Å². The van der Waals surface area contributed by atoms with Crippen LogP contribution < -0.4 is 0 Å². The molecule has 2 rings (SSSR count). The van der Waals surface area contributed by atoms with Crippen molar-refractivity contribution in [1.29, 1.82) is 0 Å². The van der Waals surface area contributed by atoms with Crippen molar-refractivity contribution in [2.75, 3.05) is 0 Å². The zero-order valence-corrected chi connectivity index (χ0v) is 21.2. The SMILES string of the molecule is CCC1=CC(=C(CC)c2cc(CC)c(O)c(C(C)(C)CC)c2)C=C(C(C)(C)CC)C1=O. The van der Waals surface area contributed by atoms with Gasteiger partial charge in [0.05, 0.1) is 0 Å². The molecular formula is C29H42O2. The van der Waals surface area contributed by atoms with Gasteiger partial charge in [0.1, 0.15) is 5.75 Å². The molecule has 0 atom stereocenters. The first-order chi connectivity index (χ1) is 14.5. The minimum Gasteiger partial charge on any atom is -0.507 e. The van der Waals surface area contributed by atoms with Crippen LogP contribution >= 0.6 is 0 Å². The van der Waals surface area contributed by atoms with Crippen LogP contribution in [-0.2, 0) is 16.6 Å². The van der Waals surface area contributed by atoms with Crippen molar-refractivity contribution < 1.29 is 9.90 Å². The Hall–Kier alpha value is -2.09. The summed E-state index contributed by atoms with van der Waals surface area (Å²) in [5.74, 6) is 0.631. The fourth-order valence-electron chi connectivity index (χ4n) is 4.24. The Kier molecular flexibility index (Phi) is 7.79. The molecule has 0 unspecified atom stereocenters. The Morgan fingerprint density at radius 2 is 1.48 bits per heavy atom. The van der Waals surface area contributed by atoms with Crippen molar-refractivity contribution in [2.45, 2.75) is 99.8 Å². The Morgan fingerprint density at radius 3 is 1.97 bits per heavy atom. The molecule has 0 radical (unpaired) electrons. The Balaban J connectivity index is 2.85. The summed E-state index contributed by atoms with van der Waals surface area (Å²) in [5.41, 5.74) is 7.09. The molecule has 0 saturated heterocycles. The number of carbonyl (C=O) groups is 1. The van der Waals surface area contributed by atoms with E-state index < -0.39 is 0 Å². The predicted molar refractivity (Wildman–Crippen MR) is 134 cm³/mol. The van der Waals surface area contributed by atoms with E-state index in [1.165, 1.54) is 5.57 Å². The van der Waals surface area contributed by atoms with Crippen molar-refractivity contribution >= 4 is 11.4 Å². The number of Topliss-reactive ketones (excluding diaryl/α,β-unsaturated/α-hetero) is 1. The molecule has 0 saturated carbocycles. The third kappa shape index (κ3) is 4.89. The topological polar surface area (TPSA) is 37.3 Å². The van der Waals surface area contributed by atoms with Crippen LogP contribution in [0.2, 0.25) is 0 Å². The number of hydrogen-bond acceptors (Lipinski definition) is 2. The molecule has 0 heterocycles. The van der Waals surface area contributed by atoms with Crippen molar-refractivity contribution in [3.05, 3.63) is 57.7 Å². The van der Waals surface area contributed by atoms with Gasteiger partial charge >= 0.3 is 0 Å². The molecule has 0 fully saturated rings. The maximum absolute atomic E-state index is 13.1. The highest BCUT2D eigenvalue weighted by Gasteiger charge is 2.31. The van der Waals surface area contributed by atoms with Crippen LogP contribution in [0.5, 0.6) is 5.75 Å². The van der Waals surface area contributed by atoms with E-state index in [4.69, 9.17) is 0 Å². The lowest BCUT2D eigenvalue weighted by Gasteiger charge is -2.30. The van der Waals surface area contributed by atoms with Crippen LogP contribution in [0.15, 0.2) is 41.0 Å². The third-order valence-electron chi connectivity index (χ3n) is 7.39. The Labute approximate surface area is 190 Å². The quantitative estimate of drug-likeness (QED) is 0.459. The van der Waals surface area contributed by atoms with Crippen LogP contribution in [-0.4, -0.2) is 10.9 Å². The first kappa shape index (κ1) is 25.2. The number of aromatic hydroxyl groups is 1. The molecule has 0 amide bonds. The summed E-state index contributed by atoms with van der Waals surface area (Å²) in [6.45, 7) is 19.4. The highest BCUT2D eigenvalue weighted by atomic mass is 16.3. The maximum Gasteiger partial charge on any atom is 0.185 e. The zero-order chi connectivity index (χ0) is 23.6. The highest BCUT2D eigenvalue weighted by Crippen LogP contribution is 2.42. The minimum absolute atomic E-state index is 0.105. The van der Waals surface area contributed by atoms with Crippen LogP contribution in [0, 0.1) is 5.41 Å². The first-order valence-corrected chi connectivity index (χ1v) is 12.0. The summed E-state index contributed by atoms with van der Waals surface area (Å²) in [5, 5.41) is 11.0. The van der Waals surface area contributed by atoms with Gasteiger partial charge in [0.15, 0.2) is 5.78 Å². The third-order valence-corrected chi connectivity index (χ3v) is 7.39. The molecule has 0 aromatic heterocycles. The van der Waals surface area contributed by atoms with Crippen molar-refractivity contribution in [1.82, 2.24) is 0 Å². The fourth-order valence-corrected chi connectivity index (χ4v) is 4.24. The van der Waals surface area contributed by atoms with E-state index in [9.17, 15) is 9.90 Å². The number of phenols is 1. The molecule has 1 aliphatic carbocycles. The summed E-state index contributed by atoms with van der Waals surface area (Å²) in [6, 6.07) is 4.32. The molecule has 0 spiro atoms. The number of carbonyl (C=O) groups excluding carboxylic acids is 1. The van der Waals surface area contributed by atoms with E-state index in [2.05, 4.69) is 86.6 Å². The summed E-state index contributed by atoms with van der Waals surface area (Å²) in [7, 11) is 0. The lowest BCUT2D eigenvalue weighted by molar-refractivity contribution is -0.113. The molecule has 31 heavy (non-hydrogen) atoms. The number of rotatable bonds is 8. The van der Waals surface area contributed by atoms with Crippen LogP contribution in [0.1, 0.15) is 105 Å². The summed E-state index contributed by atoms with van der Waals surface area (Å²) in [6.07, 6.45) is 8.50. The minimum atomic E-state index is -0.158. The summed E-state index contributed by atoms with van der Waals surface area (Å²) < 4.78 is 0. The molecular weight excluding hydrogens is 380 g/mol. The molecule has 1 aromatic rings. The number of phenolic OH excluding ortho intramolecular Hbond substituents is 1. The van der Waals surface area contributed by atoms with Crippen molar-refractivity contribution in [3.8, 4) is 5.75 Å². The van der Waals surface area contributed by atoms with Gasteiger partial charge in [0.2, 0.25) is 0 Å². The lowest BCUT2D eigenvalue weighted by Crippen LogP contribution is -2.24. The maximum atomic E-state index is 13.1. The largest absolute Gasteiger partial charge is 0.507 e. The smallest absolute Gasteiger partial charge is 0.185 e. The van der Waals surface area contributed by atoms with Crippen LogP contribution in [0.4, 0.5) is 0 Å². The predicted octanol–water partition coefficient (Wildman–Crippen LogP) is 8.09. The average Bonchev–Trinajstić information content (AvgIpc) is 2.75. The van der Waals surface area contributed by atoms with E-state index in [1.807, 2.05) is 0 Å². The Bertz CT molecular complexity index is 936. The second kappa shape index (κ2) is 9.59. The summed E-state index contributed by atoms with van der Waals surface area (Å²) in [4.78, 5) is 13.1. The van der Waals surface area contributed by atoms with Gasteiger partial charge in [-0.3, -0.25) is 4.79 Å². The molecule has 0 bridgehead atoms. The molecule has 170 valence electrons.